The summed E-state index contributed by atoms with van der Waals surface area (Å²) in [6, 6.07) is 4.59. The number of hydrogen-bond donors (Lipinski definition) is 0. The van der Waals surface area contributed by atoms with E-state index in [1.807, 2.05) is 0 Å². The number of carbonyl (C=O) groups excluding carboxylic acids is 1. The number of hydrogen-bond acceptors (Lipinski definition) is 7. The third-order valence-corrected chi connectivity index (χ3v) is 5.03. The number of rotatable bonds is 6. The van der Waals surface area contributed by atoms with E-state index in [9.17, 15) is 18.4 Å². The van der Waals surface area contributed by atoms with Crippen LogP contribution in [0.2, 0.25) is 0 Å². The molecule has 0 amide bonds. The Balaban J connectivity index is 1.69. The third kappa shape index (κ3) is 4.63. The van der Waals surface area contributed by atoms with Crippen molar-refractivity contribution in [3.63, 3.8) is 0 Å². The monoisotopic (exact) mass is 485 g/mol. The molecule has 0 aliphatic carbocycles. The molecule has 0 saturated heterocycles. The lowest BCUT2D eigenvalue weighted by atomic mass is 10.2. The van der Waals surface area contributed by atoms with Gasteiger partial charge in [-0.3, -0.25) is 14.3 Å². The summed E-state index contributed by atoms with van der Waals surface area (Å²) in [6.45, 7) is 2.80. The maximum absolute atomic E-state index is 15.6. The van der Waals surface area contributed by atoms with E-state index < -0.39 is 29.0 Å². The van der Waals surface area contributed by atoms with Crippen LogP contribution in [0.4, 0.5) is 13.2 Å². The number of ether oxygens (including phenoxy) is 2. The summed E-state index contributed by atoms with van der Waals surface area (Å²) in [4.78, 5) is 32.3. The summed E-state index contributed by atoms with van der Waals surface area (Å²) < 4.78 is 54.7. The minimum absolute atomic E-state index is 0.0437. The molecule has 0 aliphatic rings. The Kier molecular flexibility index (Phi) is 6.36. The van der Waals surface area contributed by atoms with Crippen LogP contribution in [0.15, 0.2) is 47.7 Å². The molecule has 0 radical (unpaired) electrons. The molecule has 4 aromatic heterocycles. The zero-order chi connectivity index (χ0) is 25.3. The first-order chi connectivity index (χ1) is 16.7. The van der Waals surface area contributed by atoms with E-state index in [4.69, 9.17) is 4.74 Å². The topological polar surface area (TPSA) is 101 Å². The molecule has 0 spiro atoms. The number of methoxy groups -OCH3 is 1. The lowest BCUT2D eigenvalue weighted by Crippen LogP contribution is -2.23. The standard InChI is InChI=1S/C23H18F3N5O4/c1-12-9-28-22(30-5-4-17(29-30)23(33)34-3)20(26)21(12)31-13(2)6-15(8-19(31)32)35-11-18-16(25)7-14(24)10-27-18/h4-10H,11H2,1-3H3. The predicted molar refractivity (Wildman–Crippen MR) is 116 cm³/mol. The number of pyridine rings is 3. The Morgan fingerprint density at radius 1 is 1.09 bits per heavy atom. The van der Waals surface area contributed by atoms with Crippen LogP contribution in [0.3, 0.4) is 0 Å². The van der Waals surface area contributed by atoms with Gasteiger partial charge in [-0.25, -0.2) is 27.6 Å². The van der Waals surface area contributed by atoms with Crippen LogP contribution in [0.5, 0.6) is 5.75 Å². The van der Waals surface area contributed by atoms with Gasteiger partial charge in [0.2, 0.25) is 0 Å². The Morgan fingerprint density at radius 2 is 1.86 bits per heavy atom. The van der Waals surface area contributed by atoms with Crippen LogP contribution < -0.4 is 10.3 Å². The van der Waals surface area contributed by atoms with E-state index in [1.165, 1.54) is 31.6 Å². The fourth-order valence-electron chi connectivity index (χ4n) is 3.39. The summed E-state index contributed by atoms with van der Waals surface area (Å²) in [5.41, 5.74) is -0.192. The SMILES string of the molecule is COC(=O)c1ccn(-c2ncc(C)c(-n3c(C)cc(OCc4ncc(F)cc4F)cc3=O)c2F)n1. The molecule has 35 heavy (non-hydrogen) atoms. The zero-order valence-electron chi connectivity index (χ0n) is 18.8. The highest BCUT2D eigenvalue weighted by Crippen LogP contribution is 2.24. The largest absolute Gasteiger partial charge is 0.487 e. The van der Waals surface area contributed by atoms with Gasteiger partial charge in [-0.05, 0) is 25.5 Å². The van der Waals surface area contributed by atoms with Gasteiger partial charge in [0.05, 0.1) is 19.0 Å². The highest BCUT2D eigenvalue weighted by Gasteiger charge is 2.21. The molecule has 4 rings (SSSR count). The number of nitrogens with zero attached hydrogens (tertiary/aromatic N) is 5. The summed E-state index contributed by atoms with van der Waals surface area (Å²) >= 11 is 0. The summed E-state index contributed by atoms with van der Waals surface area (Å²) in [7, 11) is 1.19. The smallest absolute Gasteiger partial charge is 0.358 e. The molecule has 4 aromatic rings. The van der Waals surface area contributed by atoms with E-state index in [2.05, 4.69) is 19.8 Å². The lowest BCUT2D eigenvalue weighted by molar-refractivity contribution is 0.0593. The van der Waals surface area contributed by atoms with Gasteiger partial charge >= 0.3 is 5.97 Å². The first-order valence-corrected chi connectivity index (χ1v) is 10.2. The number of halogens is 3. The van der Waals surface area contributed by atoms with Crippen molar-refractivity contribution >= 4 is 5.97 Å². The molecule has 4 heterocycles. The molecule has 180 valence electrons. The van der Waals surface area contributed by atoms with Gasteiger partial charge < -0.3 is 9.47 Å². The average molecular weight is 485 g/mol. The maximum atomic E-state index is 15.6. The predicted octanol–water partition coefficient (Wildman–Crippen LogP) is 3.21. The van der Waals surface area contributed by atoms with Crippen molar-refractivity contribution in [1.82, 2.24) is 24.3 Å². The summed E-state index contributed by atoms with van der Waals surface area (Å²) in [5, 5.41) is 3.97. The van der Waals surface area contributed by atoms with Gasteiger partial charge in [0.15, 0.2) is 23.1 Å². The minimum Gasteiger partial charge on any atom is -0.487 e. The first-order valence-electron chi connectivity index (χ1n) is 10.2. The van der Waals surface area contributed by atoms with Crippen molar-refractivity contribution in [2.24, 2.45) is 0 Å². The molecule has 0 aliphatic heterocycles. The number of aromatic nitrogens is 5. The maximum Gasteiger partial charge on any atom is 0.358 e. The lowest BCUT2D eigenvalue weighted by Gasteiger charge is -2.16. The quantitative estimate of drug-likeness (QED) is 0.387. The van der Waals surface area contributed by atoms with Crippen LogP contribution in [0, 0.1) is 31.3 Å². The van der Waals surface area contributed by atoms with Gasteiger partial charge in [-0.15, -0.1) is 0 Å². The van der Waals surface area contributed by atoms with Crippen LogP contribution in [0.25, 0.3) is 11.5 Å². The van der Waals surface area contributed by atoms with E-state index >= 15 is 4.39 Å². The van der Waals surface area contributed by atoms with Crippen molar-refractivity contribution in [1.29, 1.82) is 0 Å². The van der Waals surface area contributed by atoms with Crippen molar-refractivity contribution in [3.05, 3.63) is 93.3 Å². The fraction of sp³-hybridized carbons (Fsp3) is 0.174. The molecule has 12 heteroatoms. The van der Waals surface area contributed by atoms with E-state index in [0.29, 0.717) is 17.3 Å². The second kappa shape index (κ2) is 9.41. The molecule has 0 unspecified atom stereocenters. The molecule has 0 saturated carbocycles. The third-order valence-electron chi connectivity index (χ3n) is 5.03. The molecule has 0 N–H and O–H groups in total. The molecular formula is C23H18F3N5O4. The number of esters is 1. The molecule has 0 bridgehead atoms. The molecule has 0 fully saturated rings. The van der Waals surface area contributed by atoms with Crippen molar-refractivity contribution in [3.8, 4) is 17.3 Å². The minimum atomic E-state index is -0.883. The second-order valence-corrected chi connectivity index (χ2v) is 7.44. The zero-order valence-corrected chi connectivity index (χ0v) is 18.8. The van der Waals surface area contributed by atoms with Gasteiger partial charge in [0.25, 0.3) is 5.56 Å². The Labute approximate surface area is 196 Å². The first kappa shape index (κ1) is 23.7. The number of aryl methyl sites for hydroxylation is 2. The summed E-state index contributed by atoms with van der Waals surface area (Å²) in [5.74, 6) is -3.39. The second-order valence-electron chi connectivity index (χ2n) is 7.44. The molecule has 9 nitrogen and oxygen atoms in total. The van der Waals surface area contributed by atoms with Crippen molar-refractivity contribution in [2.45, 2.75) is 20.5 Å². The van der Waals surface area contributed by atoms with Crippen molar-refractivity contribution < 1.29 is 27.4 Å². The molecule has 0 aromatic carbocycles. The average Bonchev–Trinajstić information content (AvgIpc) is 3.29. The van der Waals surface area contributed by atoms with E-state index in [0.717, 1.165) is 21.5 Å². The van der Waals surface area contributed by atoms with Crippen LogP contribution >= 0.6 is 0 Å². The Bertz CT molecular complexity index is 1500. The Hall–Kier alpha value is -4.48. The highest BCUT2D eigenvalue weighted by atomic mass is 19.1. The molecular weight excluding hydrogens is 467 g/mol. The summed E-state index contributed by atoms with van der Waals surface area (Å²) in [6.07, 6.45) is 3.56. The fourth-order valence-corrected chi connectivity index (χ4v) is 3.39. The van der Waals surface area contributed by atoms with Crippen LogP contribution in [0.1, 0.15) is 27.4 Å². The Morgan fingerprint density at radius 3 is 2.54 bits per heavy atom. The highest BCUT2D eigenvalue weighted by molar-refractivity contribution is 5.86. The van der Waals surface area contributed by atoms with Crippen LogP contribution in [-0.2, 0) is 11.3 Å². The van der Waals surface area contributed by atoms with E-state index in [1.54, 1.807) is 13.8 Å². The van der Waals surface area contributed by atoms with Gasteiger partial charge in [0, 0.05) is 36.3 Å². The molecule has 0 atom stereocenters. The normalized spacial score (nSPS) is 10.9. The number of carbonyl (C=O) groups is 1. The van der Waals surface area contributed by atoms with E-state index in [-0.39, 0.29) is 35.2 Å². The van der Waals surface area contributed by atoms with Crippen LogP contribution in [-0.4, -0.2) is 37.4 Å². The van der Waals surface area contributed by atoms with Gasteiger partial charge in [0.1, 0.15) is 23.9 Å². The van der Waals surface area contributed by atoms with Gasteiger partial charge in [-0.1, -0.05) is 0 Å². The van der Waals surface area contributed by atoms with Crippen molar-refractivity contribution in [2.75, 3.05) is 7.11 Å². The van der Waals surface area contributed by atoms with Gasteiger partial charge in [-0.2, -0.15) is 5.10 Å².